The van der Waals surface area contributed by atoms with Crippen LogP contribution in [0.1, 0.15) is 22.6 Å². The maximum absolute atomic E-state index is 13.2. The molecule has 3 aromatic carbocycles. The molecule has 0 fully saturated rings. The van der Waals surface area contributed by atoms with Gasteiger partial charge >= 0.3 is 12.1 Å². The lowest BCUT2D eigenvalue weighted by molar-refractivity contribution is -0.153. The highest BCUT2D eigenvalue weighted by atomic mass is 32.2. The van der Waals surface area contributed by atoms with E-state index in [1.165, 1.54) is 29.8 Å². The van der Waals surface area contributed by atoms with Crippen LogP contribution < -0.4 is 0 Å². The second kappa shape index (κ2) is 12.4. The minimum atomic E-state index is -4.55. The summed E-state index contributed by atoms with van der Waals surface area (Å²) in [4.78, 5) is 17.3. The molecule has 0 radical (unpaired) electrons. The Hall–Kier alpha value is -3.73. The summed E-state index contributed by atoms with van der Waals surface area (Å²) in [6.45, 7) is 2.57. The molecule has 0 saturated carbocycles. The smallest absolute Gasteiger partial charge is 0.449 e. The zero-order chi connectivity index (χ0) is 29.0. The van der Waals surface area contributed by atoms with Gasteiger partial charge in [0.15, 0.2) is 0 Å². The average molecular weight is 595 g/mol. The number of carboxylic acid groups (broad SMARTS) is 1. The SMILES string of the molecule is Cc1ccc2cccnc2c1SN(Cc1ccc(-c2cccc(SCC(=O)O)c2)cc1)Cc1ccc(C(F)(F)F)o1. The monoisotopic (exact) mass is 594 g/mol. The number of furan rings is 1. The van der Waals surface area contributed by atoms with Gasteiger partial charge in [-0.15, -0.1) is 11.8 Å². The van der Waals surface area contributed by atoms with Gasteiger partial charge in [0.1, 0.15) is 5.76 Å². The molecule has 210 valence electrons. The summed E-state index contributed by atoms with van der Waals surface area (Å²) >= 11 is 2.70. The Morgan fingerprint density at radius 1 is 0.951 bits per heavy atom. The first-order valence-corrected chi connectivity index (χ1v) is 14.4. The third kappa shape index (κ3) is 7.32. The summed E-state index contributed by atoms with van der Waals surface area (Å²) in [5, 5.41) is 9.95. The summed E-state index contributed by atoms with van der Waals surface area (Å²) in [6.07, 6.45) is -2.82. The van der Waals surface area contributed by atoms with Crippen molar-refractivity contribution in [3.8, 4) is 11.1 Å². The van der Waals surface area contributed by atoms with Gasteiger partial charge in [-0.2, -0.15) is 13.2 Å². The zero-order valence-electron chi connectivity index (χ0n) is 21.9. The van der Waals surface area contributed by atoms with E-state index in [1.54, 1.807) is 6.20 Å². The second-order valence-electron chi connectivity index (χ2n) is 9.35. The van der Waals surface area contributed by atoms with Crippen molar-refractivity contribution in [1.29, 1.82) is 0 Å². The highest BCUT2D eigenvalue weighted by molar-refractivity contribution is 8.00. The van der Waals surface area contributed by atoms with Crippen LogP contribution in [0.4, 0.5) is 13.2 Å². The number of pyridine rings is 1. The number of fused-ring (bicyclic) bond motifs is 1. The van der Waals surface area contributed by atoms with Crippen molar-refractivity contribution in [3.05, 3.63) is 114 Å². The van der Waals surface area contributed by atoms with Crippen LogP contribution in [-0.4, -0.2) is 26.1 Å². The number of hydrogen-bond donors (Lipinski definition) is 1. The lowest BCUT2D eigenvalue weighted by atomic mass is 10.0. The normalized spacial score (nSPS) is 11.8. The first kappa shape index (κ1) is 28.8. The zero-order valence-corrected chi connectivity index (χ0v) is 23.5. The van der Waals surface area contributed by atoms with Gasteiger partial charge in [-0.25, -0.2) is 4.31 Å². The summed E-state index contributed by atoms with van der Waals surface area (Å²) in [6, 6.07) is 25.8. The van der Waals surface area contributed by atoms with Crippen molar-refractivity contribution < 1.29 is 27.5 Å². The van der Waals surface area contributed by atoms with Crippen LogP contribution in [0.25, 0.3) is 22.0 Å². The fourth-order valence-corrected chi connectivity index (χ4v) is 6.10. The number of nitrogens with zero attached hydrogens (tertiary/aromatic N) is 2. The molecule has 2 aromatic heterocycles. The van der Waals surface area contributed by atoms with Gasteiger partial charge in [0.2, 0.25) is 5.76 Å². The third-order valence-corrected chi connectivity index (χ3v) is 8.45. The Bertz CT molecular complexity index is 1670. The van der Waals surface area contributed by atoms with E-state index in [0.29, 0.717) is 6.54 Å². The molecule has 0 atom stereocenters. The van der Waals surface area contributed by atoms with E-state index in [9.17, 15) is 18.0 Å². The van der Waals surface area contributed by atoms with Crippen LogP contribution in [0.5, 0.6) is 0 Å². The van der Waals surface area contributed by atoms with Crippen molar-refractivity contribution in [2.75, 3.05) is 5.75 Å². The van der Waals surface area contributed by atoms with Gasteiger partial charge in [0.25, 0.3) is 0 Å². The lowest BCUT2D eigenvalue weighted by Crippen LogP contribution is -2.15. The summed E-state index contributed by atoms with van der Waals surface area (Å²) in [7, 11) is 0. The molecule has 41 heavy (non-hydrogen) atoms. The van der Waals surface area contributed by atoms with Gasteiger partial charge in [-0.3, -0.25) is 9.78 Å². The highest BCUT2D eigenvalue weighted by Crippen LogP contribution is 2.36. The van der Waals surface area contributed by atoms with Crippen LogP contribution in [0.2, 0.25) is 0 Å². The molecule has 0 bridgehead atoms. The minimum Gasteiger partial charge on any atom is -0.481 e. The number of aryl methyl sites for hydroxylation is 1. The number of thioether (sulfide) groups is 1. The topological polar surface area (TPSA) is 66.6 Å². The Morgan fingerprint density at radius 2 is 1.76 bits per heavy atom. The molecule has 0 aliphatic heterocycles. The molecule has 0 amide bonds. The molecule has 0 aliphatic rings. The number of halogens is 3. The molecule has 0 saturated heterocycles. The molecule has 0 aliphatic carbocycles. The van der Waals surface area contributed by atoms with Crippen molar-refractivity contribution in [2.45, 2.75) is 36.0 Å². The van der Waals surface area contributed by atoms with E-state index in [1.807, 2.05) is 84.0 Å². The maximum Gasteiger partial charge on any atom is 0.449 e. The van der Waals surface area contributed by atoms with Crippen LogP contribution in [-0.2, 0) is 24.1 Å². The number of carboxylic acids is 1. The van der Waals surface area contributed by atoms with Gasteiger partial charge in [0.05, 0.1) is 22.7 Å². The van der Waals surface area contributed by atoms with Crippen LogP contribution >= 0.6 is 23.7 Å². The van der Waals surface area contributed by atoms with Crippen LogP contribution in [0.15, 0.2) is 105 Å². The van der Waals surface area contributed by atoms with Gasteiger partial charge in [-0.1, -0.05) is 54.6 Å². The predicted molar refractivity (Wildman–Crippen MR) is 156 cm³/mol. The van der Waals surface area contributed by atoms with E-state index >= 15 is 0 Å². The van der Waals surface area contributed by atoms with Gasteiger partial charge in [-0.05, 0) is 71.5 Å². The van der Waals surface area contributed by atoms with Gasteiger partial charge in [0, 0.05) is 23.0 Å². The van der Waals surface area contributed by atoms with Crippen molar-refractivity contribution >= 4 is 40.6 Å². The fraction of sp³-hybridized carbons (Fsp3) is 0.161. The second-order valence-corrected chi connectivity index (χ2v) is 11.5. The molecule has 1 N–H and O–H groups in total. The van der Waals surface area contributed by atoms with E-state index in [0.717, 1.165) is 49.0 Å². The number of hydrogen-bond acceptors (Lipinski definition) is 6. The molecule has 2 heterocycles. The quantitative estimate of drug-likeness (QED) is 0.128. The van der Waals surface area contributed by atoms with Crippen molar-refractivity contribution in [3.63, 3.8) is 0 Å². The largest absolute Gasteiger partial charge is 0.481 e. The summed E-state index contributed by atoms with van der Waals surface area (Å²) in [5.74, 6) is -1.69. The molecule has 5 aromatic rings. The van der Waals surface area contributed by atoms with E-state index in [-0.39, 0.29) is 18.1 Å². The minimum absolute atomic E-state index is 0.0122. The average Bonchev–Trinajstić information content (AvgIpc) is 3.43. The number of rotatable bonds is 10. The third-order valence-electron chi connectivity index (χ3n) is 6.26. The van der Waals surface area contributed by atoms with Crippen LogP contribution in [0.3, 0.4) is 0 Å². The van der Waals surface area contributed by atoms with E-state index in [2.05, 4.69) is 4.98 Å². The standard InChI is InChI=1S/C31H25F3N2O3S2/c1-20-7-10-23-5-3-15-35-29(23)30(20)41-36(18-25-13-14-27(39-25)31(32,33)34)17-21-8-11-22(12-9-21)24-4-2-6-26(16-24)40-19-28(37)38/h2-16H,17-19H2,1H3,(H,37,38). The number of aromatic nitrogens is 1. The highest BCUT2D eigenvalue weighted by Gasteiger charge is 2.35. The van der Waals surface area contributed by atoms with Crippen molar-refractivity contribution in [2.24, 2.45) is 0 Å². The molecule has 0 unspecified atom stereocenters. The summed E-state index contributed by atoms with van der Waals surface area (Å²) in [5.41, 5.74) is 4.74. The Kier molecular flexibility index (Phi) is 8.72. The maximum atomic E-state index is 13.2. The number of aliphatic carboxylic acids is 1. The van der Waals surface area contributed by atoms with E-state index in [4.69, 9.17) is 9.52 Å². The van der Waals surface area contributed by atoms with Crippen molar-refractivity contribution in [1.82, 2.24) is 9.29 Å². The predicted octanol–water partition coefficient (Wildman–Crippen LogP) is 8.71. The molecule has 5 nitrogen and oxygen atoms in total. The molecular weight excluding hydrogens is 569 g/mol. The lowest BCUT2D eigenvalue weighted by Gasteiger charge is -2.22. The first-order chi connectivity index (χ1) is 19.7. The Balaban J connectivity index is 1.40. The number of alkyl halides is 3. The van der Waals surface area contributed by atoms with Crippen LogP contribution in [0, 0.1) is 6.92 Å². The first-order valence-electron chi connectivity index (χ1n) is 12.6. The molecular formula is C31H25F3N2O3S2. The molecule has 5 rings (SSSR count). The summed E-state index contributed by atoms with van der Waals surface area (Å²) < 4.78 is 46.7. The number of carbonyl (C=O) groups is 1. The van der Waals surface area contributed by atoms with E-state index < -0.39 is 17.9 Å². The Labute approximate surface area is 243 Å². The number of benzene rings is 3. The molecule has 10 heteroatoms. The Morgan fingerprint density at radius 3 is 2.49 bits per heavy atom. The fourth-order valence-electron chi connectivity index (χ4n) is 4.29. The van der Waals surface area contributed by atoms with Gasteiger partial charge < -0.3 is 9.52 Å². The molecule has 0 spiro atoms.